The SMILES string of the molecule is CC(=O)Oc1cc(N(C(=O)OC(C)(C)C)C2CCOCC2)ccc1C(=O)O. The zero-order valence-corrected chi connectivity index (χ0v) is 16.0. The molecule has 27 heavy (non-hydrogen) atoms. The average molecular weight is 379 g/mol. The molecule has 8 heteroatoms. The summed E-state index contributed by atoms with van der Waals surface area (Å²) in [5, 5.41) is 9.31. The molecule has 1 aliphatic heterocycles. The highest BCUT2D eigenvalue weighted by Gasteiger charge is 2.32. The van der Waals surface area contributed by atoms with E-state index in [1.807, 2.05) is 0 Å². The molecule has 1 saturated heterocycles. The summed E-state index contributed by atoms with van der Waals surface area (Å²) in [6.07, 6.45) is 0.678. The van der Waals surface area contributed by atoms with Gasteiger partial charge in [0, 0.05) is 32.2 Å². The van der Waals surface area contributed by atoms with E-state index in [1.54, 1.807) is 20.8 Å². The van der Waals surface area contributed by atoms with Crippen molar-refractivity contribution in [1.82, 2.24) is 0 Å². The van der Waals surface area contributed by atoms with E-state index in [2.05, 4.69) is 0 Å². The first-order chi connectivity index (χ1) is 12.6. The highest BCUT2D eigenvalue weighted by Crippen LogP contribution is 2.31. The van der Waals surface area contributed by atoms with Crippen molar-refractivity contribution >= 4 is 23.7 Å². The summed E-state index contributed by atoms with van der Waals surface area (Å²) in [7, 11) is 0. The predicted octanol–water partition coefficient (Wildman–Crippen LogP) is 3.23. The summed E-state index contributed by atoms with van der Waals surface area (Å²) in [6.45, 7) is 7.50. The number of hydrogen-bond donors (Lipinski definition) is 1. The predicted molar refractivity (Wildman–Crippen MR) is 97.3 cm³/mol. The van der Waals surface area contributed by atoms with Crippen LogP contribution in [0.4, 0.5) is 10.5 Å². The lowest BCUT2D eigenvalue weighted by Crippen LogP contribution is -2.46. The average Bonchev–Trinajstić information content (AvgIpc) is 2.53. The van der Waals surface area contributed by atoms with Gasteiger partial charge in [-0.3, -0.25) is 9.69 Å². The van der Waals surface area contributed by atoms with Crippen LogP contribution in [-0.2, 0) is 14.3 Å². The van der Waals surface area contributed by atoms with Gasteiger partial charge < -0.3 is 19.3 Å². The van der Waals surface area contributed by atoms with Crippen LogP contribution >= 0.6 is 0 Å². The molecule has 2 rings (SSSR count). The van der Waals surface area contributed by atoms with Crippen LogP contribution in [0.25, 0.3) is 0 Å². The number of carboxylic acid groups (broad SMARTS) is 1. The Morgan fingerprint density at radius 1 is 1.19 bits per heavy atom. The quantitative estimate of drug-likeness (QED) is 0.633. The summed E-state index contributed by atoms with van der Waals surface area (Å²) < 4.78 is 15.9. The normalized spacial score (nSPS) is 15.1. The first-order valence-electron chi connectivity index (χ1n) is 8.74. The minimum Gasteiger partial charge on any atom is -0.478 e. The number of esters is 1. The second-order valence-electron chi connectivity index (χ2n) is 7.27. The highest BCUT2D eigenvalue weighted by atomic mass is 16.6. The number of rotatable bonds is 4. The van der Waals surface area contributed by atoms with Crippen molar-refractivity contribution in [2.24, 2.45) is 0 Å². The van der Waals surface area contributed by atoms with Gasteiger partial charge in [0.2, 0.25) is 0 Å². The first kappa shape index (κ1) is 20.7. The summed E-state index contributed by atoms with van der Waals surface area (Å²) in [5.41, 5.74) is -0.456. The molecule has 0 unspecified atom stereocenters. The maximum Gasteiger partial charge on any atom is 0.415 e. The fourth-order valence-electron chi connectivity index (χ4n) is 2.80. The topological polar surface area (TPSA) is 102 Å². The van der Waals surface area contributed by atoms with Crippen molar-refractivity contribution in [2.75, 3.05) is 18.1 Å². The minimum absolute atomic E-state index is 0.117. The fraction of sp³-hybridized carbons (Fsp3) is 0.526. The molecule has 1 aromatic carbocycles. The monoisotopic (exact) mass is 379 g/mol. The van der Waals surface area contributed by atoms with Crippen molar-refractivity contribution in [3.63, 3.8) is 0 Å². The van der Waals surface area contributed by atoms with Crippen molar-refractivity contribution in [3.8, 4) is 5.75 Å². The molecule has 0 radical (unpaired) electrons. The molecule has 8 nitrogen and oxygen atoms in total. The van der Waals surface area contributed by atoms with E-state index >= 15 is 0 Å². The second kappa shape index (κ2) is 8.39. The summed E-state index contributed by atoms with van der Waals surface area (Å²) >= 11 is 0. The number of benzene rings is 1. The molecule has 1 N–H and O–H groups in total. The molecular weight excluding hydrogens is 354 g/mol. The standard InChI is InChI=1S/C19H25NO7/c1-12(21)26-16-11-14(5-6-15(16)17(22)23)20(13-7-9-25-10-8-13)18(24)27-19(2,3)4/h5-6,11,13H,7-10H2,1-4H3,(H,22,23). The van der Waals surface area contributed by atoms with Gasteiger partial charge in [-0.1, -0.05) is 0 Å². The van der Waals surface area contributed by atoms with E-state index in [1.165, 1.54) is 30.0 Å². The summed E-state index contributed by atoms with van der Waals surface area (Å²) in [5.74, 6) is -2.00. The fourth-order valence-corrected chi connectivity index (χ4v) is 2.80. The number of nitrogens with zero attached hydrogens (tertiary/aromatic N) is 1. The number of amides is 1. The zero-order chi connectivity index (χ0) is 20.2. The first-order valence-corrected chi connectivity index (χ1v) is 8.74. The number of ether oxygens (including phenoxy) is 3. The van der Waals surface area contributed by atoms with Crippen molar-refractivity contribution < 1.29 is 33.7 Å². The van der Waals surface area contributed by atoms with E-state index in [0.717, 1.165) is 0 Å². The van der Waals surface area contributed by atoms with Gasteiger partial charge in [-0.15, -0.1) is 0 Å². The largest absolute Gasteiger partial charge is 0.478 e. The van der Waals surface area contributed by atoms with Crippen LogP contribution in [0, 0.1) is 0 Å². The van der Waals surface area contributed by atoms with Gasteiger partial charge in [0.1, 0.15) is 16.9 Å². The van der Waals surface area contributed by atoms with Gasteiger partial charge in [0.25, 0.3) is 0 Å². The maximum atomic E-state index is 12.8. The van der Waals surface area contributed by atoms with Crippen LogP contribution in [-0.4, -0.2) is 48.0 Å². The van der Waals surface area contributed by atoms with Gasteiger partial charge in [-0.2, -0.15) is 0 Å². The number of carboxylic acids is 1. The Morgan fingerprint density at radius 2 is 1.81 bits per heavy atom. The van der Waals surface area contributed by atoms with Crippen molar-refractivity contribution in [2.45, 2.75) is 52.2 Å². The molecule has 1 amide bonds. The Labute approximate surface area is 158 Å². The molecular formula is C19H25NO7. The third kappa shape index (κ3) is 5.68. The second-order valence-corrected chi connectivity index (χ2v) is 7.27. The molecule has 0 aliphatic carbocycles. The van der Waals surface area contributed by atoms with E-state index in [0.29, 0.717) is 31.7 Å². The van der Waals surface area contributed by atoms with Crippen LogP contribution in [0.5, 0.6) is 5.75 Å². The van der Waals surface area contributed by atoms with Crippen LogP contribution in [0.15, 0.2) is 18.2 Å². The van der Waals surface area contributed by atoms with E-state index < -0.39 is 23.6 Å². The lowest BCUT2D eigenvalue weighted by atomic mass is 10.1. The van der Waals surface area contributed by atoms with Gasteiger partial charge in [-0.25, -0.2) is 9.59 Å². The van der Waals surface area contributed by atoms with Gasteiger partial charge in [0.05, 0.1) is 5.69 Å². The molecule has 1 heterocycles. The van der Waals surface area contributed by atoms with Crippen LogP contribution < -0.4 is 9.64 Å². The third-order valence-corrected chi connectivity index (χ3v) is 3.87. The Morgan fingerprint density at radius 3 is 2.33 bits per heavy atom. The number of carbonyl (C=O) groups is 3. The number of carbonyl (C=O) groups excluding carboxylic acids is 2. The zero-order valence-electron chi connectivity index (χ0n) is 16.0. The Balaban J connectivity index is 2.45. The summed E-state index contributed by atoms with van der Waals surface area (Å²) in [4.78, 5) is 37.1. The van der Waals surface area contributed by atoms with E-state index in [-0.39, 0.29) is 17.4 Å². The van der Waals surface area contributed by atoms with Gasteiger partial charge >= 0.3 is 18.0 Å². The lowest BCUT2D eigenvalue weighted by molar-refractivity contribution is -0.131. The van der Waals surface area contributed by atoms with E-state index in [4.69, 9.17) is 14.2 Å². The maximum absolute atomic E-state index is 12.8. The molecule has 1 aromatic rings. The minimum atomic E-state index is -1.23. The molecule has 0 bridgehead atoms. The van der Waals surface area contributed by atoms with Gasteiger partial charge in [-0.05, 0) is 45.7 Å². The molecule has 0 spiro atoms. The number of anilines is 1. The van der Waals surface area contributed by atoms with Gasteiger partial charge in [0.15, 0.2) is 0 Å². The smallest absolute Gasteiger partial charge is 0.415 e. The van der Waals surface area contributed by atoms with Crippen LogP contribution in [0.2, 0.25) is 0 Å². The van der Waals surface area contributed by atoms with Crippen LogP contribution in [0.1, 0.15) is 50.9 Å². The number of aromatic carboxylic acids is 1. The third-order valence-electron chi connectivity index (χ3n) is 3.87. The lowest BCUT2D eigenvalue weighted by Gasteiger charge is -2.35. The highest BCUT2D eigenvalue weighted by molar-refractivity contribution is 5.95. The molecule has 0 atom stereocenters. The molecule has 1 fully saturated rings. The molecule has 0 aromatic heterocycles. The molecule has 0 saturated carbocycles. The Bertz CT molecular complexity index is 717. The summed E-state index contributed by atoms with van der Waals surface area (Å²) in [6, 6.07) is 4.03. The molecule has 148 valence electrons. The van der Waals surface area contributed by atoms with Crippen LogP contribution in [0.3, 0.4) is 0 Å². The Kier molecular flexibility index (Phi) is 6.43. The Hall–Kier alpha value is -2.61. The molecule has 1 aliphatic rings. The van der Waals surface area contributed by atoms with Crippen molar-refractivity contribution in [1.29, 1.82) is 0 Å². The van der Waals surface area contributed by atoms with Crippen molar-refractivity contribution in [3.05, 3.63) is 23.8 Å². The number of hydrogen-bond acceptors (Lipinski definition) is 6. The van der Waals surface area contributed by atoms with E-state index in [9.17, 15) is 19.5 Å².